The number of rotatable bonds is 4. The highest BCUT2D eigenvalue weighted by atomic mass is 32.1. The number of aromatic nitrogens is 4. The molecule has 0 aliphatic carbocycles. The Balaban J connectivity index is 1.88. The van der Waals surface area contributed by atoms with Crippen LogP contribution in [0.1, 0.15) is 11.5 Å². The van der Waals surface area contributed by atoms with Gasteiger partial charge in [-0.3, -0.25) is 4.68 Å². The van der Waals surface area contributed by atoms with Crippen molar-refractivity contribution >= 4 is 16.7 Å². The molecule has 98 valence electrons. The first-order chi connectivity index (χ1) is 8.47. The fourth-order valence-electron chi connectivity index (χ4n) is 1.35. The predicted octanol–water partition coefficient (Wildman–Crippen LogP) is 1.94. The zero-order chi connectivity index (χ0) is 13.2. The molecule has 0 aliphatic rings. The highest BCUT2D eigenvalue weighted by Gasteiger charge is 2.36. The van der Waals surface area contributed by atoms with Crippen molar-refractivity contribution in [1.82, 2.24) is 19.1 Å². The second-order valence-electron chi connectivity index (χ2n) is 3.54. The Labute approximate surface area is 105 Å². The van der Waals surface area contributed by atoms with Gasteiger partial charge in [-0.05, 0) is 6.07 Å². The number of nitrogens with one attached hydrogen (secondary N) is 1. The molecule has 2 heterocycles. The van der Waals surface area contributed by atoms with Crippen LogP contribution in [0.2, 0.25) is 0 Å². The molecule has 0 bridgehead atoms. The van der Waals surface area contributed by atoms with Crippen LogP contribution in [0.4, 0.5) is 18.3 Å². The zero-order valence-corrected chi connectivity index (χ0v) is 10.2. The standard InChI is InChI=1S/C9H10F3N5S/c1-17-6(3-5-14-17)2-4-13-8-15-7(16-18-8)9(10,11)12/h3,5H,2,4H2,1H3,(H,13,15,16). The molecule has 1 N–H and O–H groups in total. The van der Waals surface area contributed by atoms with Crippen molar-refractivity contribution in [2.24, 2.45) is 7.05 Å². The Hall–Kier alpha value is -1.64. The first-order valence-corrected chi connectivity index (χ1v) is 5.86. The van der Waals surface area contributed by atoms with Gasteiger partial charge in [0.05, 0.1) is 0 Å². The van der Waals surface area contributed by atoms with Gasteiger partial charge >= 0.3 is 6.18 Å². The van der Waals surface area contributed by atoms with Crippen LogP contribution in [-0.4, -0.2) is 25.7 Å². The lowest BCUT2D eigenvalue weighted by molar-refractivity contribution is -0.144. The summed E-state index contributed by atoms with van der Waals surface area (Å²) < 4.78 is 41.7. The summed E-state index contributed by atoms with van der Waals surface area (Å²) in [5.74, 6) is -1.10. The van der Waals surface area contributed by atoms with E-state index in [1.54, 1.807) is 10.9 Å². The Bertz CT molecular complexity index is 518. The molecular formula is C9H10F3N5S. The quantitative estimate of drug-likeness (QED) is 0.928. The minimum Gasteiger partial charge on any atom is -0.360 e. The summed E-state index contributed by atoms with van der Waals surface area (Å²) in [5.41, 5.74) is 0.989. The molecule has 9 heteroatoms. The molecule has 0 radical (unpaired) electrons. The third-order valence-corrected chi connectivity index (χ3v) is 2.93. The van der Waals surface area contributed by atoms with E-state index >= 15 is 0 Å². The van der Waals surface area contributed by atoms with E-state index in [-0.39, 0.29) is 5.13 Å². The second kappa shape index (κ2) is 4.92. The summed E-state index contributed by atoms with van der Waals surface area (Å²) in [5, 5.41) is 6.97. The second-order valence-corrected chi connectivity index (χ2v) is 4.30. The van der Waals surface area contributed by atoms with Crippen molar-refractivity contribution in [1.29, 1.82) is 0 Å². The van der Waals surface area contributed by atoms with Crippen LogP contribution in [0.3, 0.4) is 0 Å². The van der Waals surface area contributed by atoms with Crippen LogP contribution in [0, 0.1) is 0 Å². The predicted molar refractivity (Wildman–Crippen MR) is 60.3 cm³/mol. The van der Waals surface area contributed by atoms with Crippen LogP contribution in [0.25, 0.3) is 0 Å². The van der Waals surface area contributed by atoms with Crippen LogP contribution in [0.5, 0.6) is 0 Å². The molecule has 0 unspecified atom stereocenters. The van der Waals surface area contributed by atoms with Crippen molar-refractivity contribution in [2.45, 2.75) is 12.6 Å². The molecule has 2 rings (SSSR count). The maximum Gasteiger partial charge on any atom is 0.452 e. The monoisotopic (exact) mass is 277 g/mol. The third-order valence-electron chi connectivity index (χ3n) is 2.26. The normalized spacial score (nSPS) is 11.8. The highest BCUT2D eigenvalue weighted by molar-refractivity contribution is 7.09. The first-order valence-electron chi connectivity index (χ1n) is 5.08. The van der Waals surface area contributed by atoms with Gasteiger partial charge in [0.15, 0.2) is 0 Å². The average Bonchev–Trinajstić information content (AvgIpc) is 2.88. The Morgan fingerprint density at radius 3 is 2.78 bits per heavy atom. The van der Waals surface area contributed by atoms with Gasteiger partial charge in [0.25, 0.3) is 0 Å². The molecule has 0 spiro atoms. The molecule has 0 aromatic carbocycles. The SMILES string of the molecule is Cn1nccc1CCNc1nc(C(F)(F)F)ns1. The van der Waals surface area contributed by atoms with Crippen molar-refractivity contribution < 1.29 is 13.2 Å². The average molecular weight is 277 g/mol. The molecule has 0 fully saturated rings. The van der Waals surface area contributed by atoms with E-state index in [9.17, 15) is 13.2 Å². The van der Waals surface area contributed by atoms with Gasteiger partial charge in [-0.15, -0.1) is 0 Å². The van der Waals surface area contributed by atoms with Crippen LogP contribution >= 0.6 is 11.5 Å². The van der Waals surface area contributed by atoms with Crippen LogP contribution in [-0.2, 0) is 19.6 Å². The third kappa shape index (κ3) is 2.97. The minimum absolute atomic E-state index is 0.171. The van der Waals surface area contributed by atoms with Gasteiger partial charge in [-0.1, -0.05) is 0 Å². The lowest BCUT2D eigenvalue weighted by atomic mass is 10.3. The zero-order valence-electron chi connectivity index (χ0n) is 9.40. The number of anilines is 1. The number of hydrogen-bond donors (Lipinski definition) is 1. The molecule has 18 heavy (non-hydrogen) atoms. The summed E-state index contributed by atoms with van der Waals surface area (Å²) in [7, 11) is 1.81. The summed E-state index contributed by atoms with van der Waals surface area (Å²) in [4.78, 5) is 3.37. The van der Waals surface area contributed by atoms with Gasteiger partial charge in [0, 0.05) is 43.4 Å². The molecule has 2 aromatic heterocycles. The first kappa shape index (κ1) is 12.8. The fourth-order valence-corrected chi connectivity index (χ4v) is 1.97. The van der Waals surface area contributed by atoms with E-state index in [2.05, 4.69) is 19.8 Å². The molecule has 0 aliphatic heterocycles. The summed E-state index contributed by atoms with van der Waals surface area (Å²) in [6, 6.07) is 1.85. The molecular weight excluding hydrogens is 267 g/mol. The van der Waals surface area contributed by atoms with Gasteiger partial charge in [-0.25, -0.2) is 0 Å². The van der Waals surface area contributed by atoms with Crippen LogP contribution in [0.15, 0.2) is 12.3 Å². The van der Waals surface area contributed by atoms with Gasteiger partial charge in [0.2, 0.25) is 11.0 Å². The van der Waals surface area contributed by atoms with E-state index in [0.717, 1.165) is 5.69 Å². The van der Waals surface area contributed by atoms with Crippen molar-refractivity contribution in [2.75, 3.05) is 11.9 Å². The van der Waals surface area contributed by atoms with E-state index in [1.807, 2.05) is 13.1 Å². The van der Waals surface area contributed by atoms with Gasteiger partial charge in [-0.2, -0.15) is 27.6 Å². The molecule has 0 saturated heterocycles. The van der Waals surface area contributed by atoms with Crippen molar-refractivity contribution in [3.8, 4) is 0 Å². The molecule has 2 aromatic rings. The molecule has 0 amide bonds. The maximum atomic E-state index is 12.2. The van der Waals surface area contributed by atoms with Crippen molar-refractivity contribution in [3.05, 3.63) is 23.8 Å². The minimum atomic E-state index is -4.49. The fraction of sp³-hybridized carbons (Fsp3) is 0.444. The largest absolute Gasteiger partial charge is 0.452 e. The molecule has 0 saturated carbocycles. The number of aryl methyl sites for hydroxylation is 1. The van der Waals surface area contributed by atoms with E-state index in [1.165, 1.54) is 0 Å². The number of halogens is 3. The van der Waals surface area contributed by atoms with Gasteiger partial charge < -0.3 is 5.32 Å². The lowest BCUT2D eigenvalue weighted by Gasteiger charge is -2.02. The van der Waals surface area contributed by atoms with Crippen LogP contribution < -0.4 is 5.32 Å². The highest BCUT2D eigenvalue weighted by Crippen LogP contribution is 2.28. The lowest BCUT2D eigenvalue weighted by Crippen LogP contribution is -2.10. The van der Waals surface area contributed by atoms with E-state index in [4.69, 9.17) is 0 Å². The van der Waals surface area contributed by atoms with Crippen molar-refractivity contribution in [3.63, 3.8) is 0 Å². The Morgan fingerprint density at radius 2 is 2.22 bits per heavy atom. The number of alkyl halides is 3. The maximum absolute atomic E-state index is 12.2. The smallest absolute Gasteiger partial charge is 0.360 e. The number of nitrogens with zero attached hydrogens (tertiary/aromatic N) is 4. The van der Waals surface area contributed by atoms with E-state index in [0.29, 0.717) is 24.5 Å². The van der Waals surface area contributed by atoms with Gasteiger partial charge in [0.1, 0.15) is 0 Å². The number of hydrogen-bond acceptors (Lipinski definition) is 5. The Morgan fingerprint density at radius 1 is 1.44 bits per heavy atom. The summed E-state index contributed by atoms with van der Waals surface area (Å²) >= 11 is 0.703. The Kier molecular flexibility index (Phi) is 3.50. The topological polar surface area (TPSA) is 55.6 Å². The molecule has 5 nitrogen and oxygen atoms in total. The summed E-state index contributed by atoms with van der Waals surface area (Å²) in [6.07, 6.45) is -2.17. The van der Waals surface area contributed by atoms with E-state index < -0.39 is 12.0 Å². The summed E-state index contributed by atoms with van der Waals surface area (Å²) in [6.45, 7) is 0.478. The molecule has 0 atom stereocenters.